The average Bonchev–Trinajstić information content (AvgIpc) is 3.10. The Bertz CT molecular complexity index is 673. The van der Waals surface area contributed by atoms with E-state index in [0.717, 1.165) is 25.8 Å². The first kappa shape index (κ1) is 17.8. The van der Waals surface area contributed by atoms with Crippen molar-refractivity contribution in [1.82, 2.24) is 9.80 Å². The van der Waals surface area contributed by atoms with Gasteiger partial charge in [-0.2, -0.15) is 5.26 Å². The molecule has 0 aromatic heterocycles. The number of likely N-dealkylation sites (N-methyl/N-ethyl adjacent to an activating group) is 1. The second-order valence-electron chi connectivity index (χ2n) is 6.70. The molecule has 0 bridgehead atoms. The van der Waals surface area contributed by atoms with Crippen LogP contribution in [-0.4, -0.2) is 54.1 Å². The number of benzene rings is 1. The number of fused-ring (bicyclic) bond motifs is 1. The van der Waals surface area contributed by atoms with E-state index in [1.54, 1.807) is 17.0 Å². The van der Waals surface area contributed by atoms with Crippen molar-refractivity contribution in [3.63, 3.8) is 0 Å². The average molecular weight is 345 g/mol. The fourth-order valence-electron chi connectivity index (χ4n) is 3.80. The highest BCUT2D eigenvalue weighted by atomic mass is 19.1. The van der Waals surface area contributed by atoms with Crippen LogP contribution in [0.1, 0.15) is 37.3 Å². The molecule has 0 spiro atoms. The Morgan fingerprint density at radius 1 is 1.48 bits per heavy atom. The molecule has 0 N–H and O–H groups in total. The van der Waals surface area contributed by atoms with Crippen molar-refractivity contribution >= 4 is 5.91 Å². The van der Waals surface area contributed by atoms with Gasteiger partial charge in [0.15, 0.2) is 0 Å². The van der Waals surface area contributed by atoms with Gasteiger partial charge in [0.25, 0.3) is 0 Å². The van der Waals surface area contributed by atoms with Crippen molar-refractivity contribution in [3.05, 3.63) is 35.1 Å². The summed E-state index contributed by atoms with van der Waals surface area (Å²) in [6.45, 7) is 4.45. The zero-order valence-corrected chi connectivity index (χ0v) is 14.6. The summed E-state index contributed by atoms with van der Waals surface area (Å²) in [5.41, 5.74) is 0.728. The van der Waals surface area contributed by atoms with Crippen molar-refractivity contribution in [2.45, 2.75) is 44.9 Å². The third kappa shape index (κ3) is 4.00. The van der Waals surface area contributed by atoms with Crippen LogP contribution < -0.4 is 0 Å². The predicted octanol–water partition coefficient (Wildman–Crippen LogP) is 2.30. The molecule has 1 saturated heterocycles. The number of ether oxygens (including phenoxy) is 1. The predicted molar refractivity (Wildman–Crippen MR) is 91.2 cm³/mol. The van der Waals surface area contributed by atoms with Crippen LogP contribution in [0.25, 0.3) is 0 Å². The van der Waals surface area contributed by atoms with Crippen molar-refractivity contribution in [3.8, 4) is 6.07 Å². The molecule has 5 nitrogen and oxygen atoms in total. The molecule has 1 amide bonds. The van der Waals surface area contributed by atoms with E-state index in [2.05, 4.69) is 4.90 Å². The molecule has 1 aliphatic heterocycles. The van der Waals surface area contributed by atoms with Gasteiger partial charge in [-0.3, -0.25) is 9.69 Å². The van der Waals surface area contributed by atoms with Gasteiger partial charge < -0.3 is 9.64 Å². The van der Waals surface area contributed by atoms with Crippen LogP contribution in [0.3, 0.4) is 0 Å². The maximum absolute atomic E-state index is 14.1. The summed E-state index contributed by atoms with van der Waals surface area (Å²) >= 11 is 0. The number of hydrogen-bond acceptors (Lipinski definition) is 4. The van der Waals surface area contributed by atoms with Crippen LogP contribution >= 0.6 is 0 Å². The number of nitriles is 1. The van der Waals surface area contributed by atoms with Crippen LogP contribution in [0.15, 0.2) is 18.2 Å². The molecule has 1 aromatic carbocycles. The smallest absolute Gasteiger partial charge is 0.237 e. The topological polar surface area (TPSA) is 56.6 Å². The number of carbonyl (C=O) groups excluding carboxylic acids is 1. The highest BCUT2D eigenvalue weighted by Gasteiger charge is 2.37. The van der Waals surface area contributed by atoms with E-state index < -0.39 is 5.82 Å². The fraction of sp³-hybridized carbons (Fsp3) is 0.579. The standard InChI is InChI=1S/C19H24FN3O2/c1-2-22(12-15-7-6-14(11-21)10-16(15)20)19(24)13-23-8-9-25-18-5-3-4-17(18)23/h6-7,10,17-18H,2-5,8-9,12-13H2,1H3. The first-order valence-electron chi connectivity index (χ1n) is 8.94. The first-order chi connectivity index (χ1) is 12.1. The first-order valence-corrected chi connectivity index (χ1v) is 8.94. The molecule has 134 valence electrons. The Kier molecular flexibility index (Phi) is 5.67. The maximum Gasteiger partial charge on any atom is 0.237 e. The molecule has 2 fully saturated rings. The summed E-state index contributed by atoms with van der Waals surface area (Å²) in [6.07, 6.45) is 3.55. The van der Waals surface area contributed by atoms with Gasteiger partial charge in [-0.15, -0.1) is 0 Å². The Balaban J connectivity index is 1.64. The monoisotopic (exact) mass is 345 g/mol. The van der Waals surface area contributed by atoms with Gasteiger partial charge in [0.2, 0.25) is 5.91 Å². The quantitative estimate of drug-likeness (QED) is 0.822. The minimum absolute atomic E-state index is 0.0128. The van der Waals surface area contributed by atoms with Crippen molar-refractivity contribution < 1.29 is 13.9 Å². The summed E-state index contributed by atoms with van der Waals surface area (Å²) in [6, 6.07) is 6.65. The molecule has 1 aliphatic carbocycles. The number of morpholine rings is 1. The lowest BCUT2D eigenvalue weighted by molar-refractivity contribution is -0.136. The van der Waals surface area contributed by atoms with Crippen molar-refractivity contribution in [2.24, 2.45) is 0 Å². The zero-order chi connectivity index (χ0) is 17.8. The van der Waals surface area contributed by atoms with E-state index in [4.69, 9.17) is 10.00 Å². The molecular weight excluding hydrogens is 321 g/mol. The number of carbonyl (C=O) groups is 1. The Hall–Kier alpha value is -1.97. The largest absolute Gasteiger partial charge is 0.375 e. The van der Waals surface area contributed by atoms with E-state index >= 15 is 0 Å². The second kappa shape index (κ2) is 7.94. The van der Waals surface area contributed by atoms with Gasteiger partial charge in [0.05, 0.1) is 30.9 Å². The number of rotatable bonds is 5. The van der Waals surface area contributed by atoms with E-state index in [9.17, 15) is 9.18 Å². The lowest BCUT2D eigenvalue weighted by atomic mass is 10.1. The summed E-state index contributed by atoms with van der Waals surface area (Å²) in [5, 5.41) is 8.83. The van der Waals surface area contributed by atoms with Gasteiger partial charge in [0.1, 0.15) is 5.82 Å². The lowest BCUT2D eigenvalue weighted by Crippen LogP contribution is -2.52. The minimum Gasteiger partial charge on any atom is -0.375 e. The molecule has 1 saturated carbocycles. The molecule has 1 heterocycles. The molecule has 2 aliphatic rings. The Morgan fingerprint density at radius 3 is 3.04 bits per heavy atom. The molecule has 3 rings (SSSR count). The highest BCUT2D eigenvalue weighted by molar-refractivity contribution is 5.78. The van der Waals surface area contributed by atoms with Crippen molar-refractivity contribution in [2.75, 3.05) is 26.2 Å². The molecular formula is C19H24FN3O2. The van der Waals surface area contributed by atoms with Crippen LogP contribution in [0, 0.1) is 17.1 Å². The summed E-state index contributed by atoms with van der Waals surface area (Å²) in [4.78, 5) is 16.6. The van der Waals surface area contributed by atoms with Crippen LogP contribution in [0.5, 0.6) is 0 Å². The van der Waals surface area contributed by atoms with E-state index in [-0.39, 0.29) is 24.1 Å². The van der Waals surface area contributed by atoms with E-state index in [0.29, 0.717) is 31.3 Å². The molecule has 0 radical (unpaired) electrons. The molecule has 1 aromatic rings. The third-order valence-electron chi connectivity index (χ3n) is 5.21. The van der Waals surface area contributed by atoms with Gasteiger partial charge in [-0.05, 0) is 38.3 Å². The molecule has 6 heteroatoms. The van der Waals surface area contributed by atoms with Crippen LogP contribution in [0.4, 0.5) is 4.39 Å². The minimum atomic E-state index is -0.437. The fourth-order valence-corrected chi connectivity index (χ4v) is 3.80. The Morgan fingerprint density at radius 2 is 2.32 bits per heavy atom. The molecule has 2 atom stereocenters. The second-order valence-corrected chi connectivity index (χ2v) is 6.70. The molecule has 25 heavy (non-hydrogen) atoms. The SMILES string of the molecule is CCN(Cc1ccc(C#N)cc1F)C(=O)CN1CCOC2CCCC21. The zero-order valence-electron chi connectivity index (χ0n) is 14.6. The van der Waals surface area contributed by atoms with Crippen molar-refractivity contribution in [1.29, 1.82) is 5.26 Å². The lowest BCUT2D eigenvalue weighted by Gasteiger charge is -2.38. The number of hydrogen-bond donors (Lipinski definition) is 0. The summed E-state index contributed by atoms with van der Waals surface area (Å²) < 4.78 is 19.9. The van der Waals surface area contributed by atoms with E-state index in [1.165, 1.54) is 6.07 Å². The Labute approximate surface area is 148 Å². The highest BCUT2D eigenvalue weighted by Crippen LogP contribution is 2.29. The third-order valence-corrected chi connectivity index (χ3v) is 5.21. The molecule has 2 unspecified atom stereocenters. The van der Waals surface area contributed by atoms with Gasteiger partial charge in [-0.25, -0.2) is 4.39 Å². The summed E-state index contributed by atoms with van der Waals surface area (Å²) in [7, 11) is 0. The van der Waals surface area contributed by atoms with Crippen LogP contribution in [-0.2, 0) is 16.1 Å². The van der Waals surface area contributed by atoms with Gasteiger partial charge in [0, 0.05) is 31.2 Å². The van der Waals surface area contributed by atoms with Crippen LogP contribution in [0.2, 0.25) is 0 Å². The van der Waals surface area contributed by atoms with Gasteiger partial charge >= 0.3 is 0 Å². The summed E-state index contributed by atoms with van der Waals surface area (Å²) in [5.74, 6) is -0.425. The normalized spacial score (nSPS) is 23.1. The van der Waals surface area contributed by atoms with Gasteiger partial charge in [-0.1, -0.05) is 6.07 Å². The maximum atomic E-state index is 14.1. The number of nitrogens with zero attached hydrogens (tertiary/aromatic N) is 3. The number of halogens is 1. The van der Waals surface area contributed by atoms with E-state index in [1.807, 2.05) is 13.0 Å². The number of amides is 1.